The molecule has 0 spiro atoms. The molecule has 9 heteroatoms. The number of carbonyl (C=O) groups is 2. The molecule has 0 N–H and O–H groups in total. The maximum absolute atomic E-state index is 13.2. The van der Waals surface area contributed by atoms with Gasteiger partial charge in [0.15, 0.2) is 11.5 Å². The molecule has 0 radical (unpaired) electrons. The Bertz CT molecular complexity index is 1620. The SMILES string of the molecule is CCOc1cc(/C=C2\SC(=O)N(Cc3ccc4ccccc4c3)C2=O)cc(Br)c1OCc1ccc(Cl)cc1Cl. The Morgan fingerprint density at radius 1 is 0.949 bits per heavy atom. The van der Waals surface area contributed by atoms with Gasteiger partial charge in [-0.3, -0.25) is 14.5 Å². The van der Waals surface area contributed by atoms with E-state index in [2.05, 4.69) is 15.9 Å². The molecule has 0 aromatic heterocycles. The summed E-state index contributed by atoms with van der Waals surface area (Å²) in [5, 5.41) is 2.92. The highest BCUT2D eigenvalue weighted by molar-refractivity contribution is 9.10. The number of benzene rings is 4. The van der Waals surface area contributed by atoms with Crippen molar-refractivity contribution in [2.24, 2.45) is 0 Å². The van der Waals surface area contributed by atoms with Crippen LogP contribution < -0.4 is 9.47 Å². The van der Waals surface area contributed by atoms with Crippen LogP contribution in [0.3, 0.4) is 0 Å². The van der Waals surface area contributed by atoms with Crippen LogP contribution in [0.5, 0.6) is 11.5 Å². The molecule has 1 aliphatic heterocycles. The van der Waals surface area contributed by atoms with Crippen molar-refractivity contribution in [2.45, 2.75) is 20.1 Å². The fourth-order valence-electron chi connectivity index (χ4n) is 4.17. The van der Waals surface area contributed by atoms with Crippen LogP contribution in [0.4, 0.5) is 4.79 Å². The van der Waals surface area contributed by atoms with Gasteiger partial charge in [-0.25, -0.2) is 0 Å². The Kier molecular flexibility index (Phi) is 8.52. The van der Waals surface area contributed by atoms with Crippen molar-refractivity contribution >= 4 is 78.9 Å². The lowest BCUT2D eigenvalue weighted by molar-refractivity contribution is -0.123. The van der Waals surface area contributed by atoms with Gasteiger partial charge in [0.1, 0.15) is 6.61 Å². The third-order valence-electron chi connectivity index (χ3n) is 6.04. The molecule has 1 aliphatic rings. The number of rotatable bonds is 8. The van der Waals surface area contributed by atoms with E-state index in [9.17, 15) is 9.59 Å². The van der Waals surface area contributed by atoms with Crippen molar-refractivity contribution in [2.75, 3.05) is 6.61 Å². The third-order valence-corrected chi connectivity index (χ3v) is 8.13. The van der Waals surface area contributed by atoms with Crippen LogP contribution in [-0.2, 0) is 17.9 Å². The Morgan fingerprint density at radius 2 is 1.74 bits per heavy atom. The van der Waals surface area contributed by atoms with Gasteiger partial charge in [-0.05, 0) is 92.9 Å². The van der Waals surface area contributed by atoms with Gasteiger partial charge in [0.2, 0.25) is 0 Å². The second-order valence-electron chi connectivity index (χ2n) is 8.74. The van der Waals surface area contributed by atoms with Gasteiger partial charge >= 0.3 is 0 Å². The van der Waals surface area contributed by atoms with E-state index < -0.39 is 0 Å². The first-order chi connectivity index (χ1) is 18.8. The Labute approximate surface area is 248 Å². The van der Waals surface area contributed by atoms with Gasteiger partial charge in [0.05, 0.1) is 22.5 Å². The third kappa shape index (κ3) is 6.28. The van der Waals surface area contributed by atoms with Crippen LogP contribution in [0.2, 0.25) is 10.0 Å². The van der Waals surface area contributed by atoms with Crippen LogP contribution in [-0.4, -0.2) is 22.7 Å². The van der Waals surface area contributed by atoms with Crippen molar-refractivity contribution in [3.05, 3.63) is 109 Å². The van der Waals surface area contributed by atoms with Crippen LogP contribution in [0, 0.1) is 0 Å². The van der Waals surface area contributed by atoms with Gasteiger partial charge in [-0.1, -0.05) is 65.7 Å². The number of ether oxygens (including phenoxy) is 2. The summed E-state index contributed by atoms with van der Waals surface area (Å²) in [5.41, 5.74) is 2.36. The molecule has 0 atom stereocenters. The lowest BCUT2D eigenvalue weighted by Gasteiger charge is -2.15. The summed E-state index contributed by atoms with van der Waals surface area (Å²) in [5.74, 6) is 0.674. The van der Waals surface area contributed by atoms with Crippen LogP contribution in [0.1, 0.15) is 23.6 Å². The highest BCUT2D eigenvalue weighted by atomic mass is 79.9. The zero-order valence-electron chi connectivity index (χ0n) is 20.7. The molecule has 0 aliphatic carbocycles. The standard InChI is InChI=1S/C30H22BrCl2NO4S/c1-2-37-26-13-19(12-24(31)28(26)38-17-22-9-10-23(32)15-25(22)33)14-27-29(35)34(30(36)39-27)16-18-7-8-20-5-3-4-6-21(20)11-18/h3-15H,2,16-17H2,1H3/b27-14-. The summed E-state index contributed by atoms with van der Waals surface area (Å²) < 4.78 is 12.5. The summed E-state index contributed by atoms with van der Waals surface area (Å²) in [6.45, 7) is 2.71. The first-order valence-corrected chi connectivity index (χ1v) is 14.4. The van der Waals surface area contributed by atoms with Gasteiger partial charge in [0.25, 0.3) is 11.1 Å². The zero-order chi connectivity index (χ0) is 27.5. The first kappa shape index (κ1) is 27.6. The fourth-order valence-corrected chi connectivity index (χ4v) is 6.05. The summed E-state index contributed by atoms with van der Waals surface area (Å²) >= 11 is 16.8. The second kappa shape index (κ2) is 12.0. The summed E-state index contributed by atoms with van der Waals surface area (Å²) in [6.07, 6.45) is 1.69. The monoisotopic (exact) mass is 641 g/mol. The van der Waals surface area contributed by atoms with Gasteiger partial charge in [0, 0.05) is 15.6 Å². The number of amides is 2. The number of halogens is 3. The molecule has 5 rings (SSSR count). The number of carbonyl (C=O) groups excluding carboxylic acids is 2. The molecule has 1 fully saturated rings. The predicted molar refractivity (Wildman–Crippen MR) is 162 cm³/mol. The molecule has 1 heterocycles. The maximum atomic E-state index is 13.2. The van der Waals surface area contributed by atoms with Crippen LogP contribution in [0.25, 0.3) is 16.8 Å². The van der Waals surface area contributed by atoms with E-state index in [0.29, 0.717) is 43.1 Å². The number of thioether (sulfide) groups is 1. The molecule has 198 valence electrons. The van der Waals surface area contributed by atoms with E-state index in [4.69, 9.17) is 32.7 Å². The van der Waals surface area contributed by atoms with Crippen LogP contribution >= 0.6 is 50.9 Å². The van der Waals surface area contributed by atoms with Crippen molar-refractivity contribution in [3.63, 3.8) is 0 Å². The molecule has 0 bridgehead atoms. The average molecular weight is 643 g/mol. The molecule has 1 saturated heterocycles. The van der Waals surface area contributed by atoms with E-state index in [-0.39, 0.29) is 24.3 Å². The van der Waals surface area contributed by atoms with Crippen molar-refractivity contribution < 1.29 is 19.1 Å². The lowest BCUT2D eigenvalue weighted by Crippen LogP contribution is -2.27. The molecule has 2 amide bonds. The van der Waals surface area contributed by atoms with Gasteiger partial charge in [-0.2, -0.15) is 0 Å². The molecule has 5 nitrogen and oxygen atoms in total. The zero-order valence-corrected chi connectivity index (χ0v) is 24.7. The minimum absolute atomic E-state index is 0.209. The van der Waals surface area contributed by atoms with Crippen LogP contribution in [0.15, 0.2) is 82.2 Å². The number of nitrogens with zero attached hydrogens (tertiary/aromatic N) is 1. The summed E-state index contributed by atoms with van der Waals surface area (Å²) in [6, 6.07) is 22.7. The summed E-state index contributed by atoms with van der Waals surface area (Å²) in [4.78, 5) is 27.6. The minimum atomic E-state index is -0.329. The van der Waals surface area contributed by atoms with E-state index in [1.165, 1.54) is 4.90 Å². The number of imide groups is 1. The minimum Gasteiger partial charge on any atom is -0.490 e. The molecule has 4 aromatic carbocycles. The predicted octanol–water partition coefficient (Wildman–Crippen LogP) is 9.12. The maximum Gasteiger partial charge on any atom is 0.293 e. The van der Waals surface area contributed by atoms with E-state index in [1.807, 2.05) is 55.5 Å². The second-order valence-corrected chi connectivity index (χ2v) is 11.4. The van der Waals surface area contributed by atoms with E-state index >= 15 is 0 Å². The Morgan fingerprint density at radius 3 is 2.51 bits per heavy atom. The van der Waals surface area contributed by atoms with Crippen molar-refractivity contribution in [3.8, 4) is 11.5 Å². The summed E-state index contributed by atoms with van der Waals surface area (Å²) in [7, 11) is 0. The Hall–Kier alpha value is -2.97. The molecule has 0 saturated carbocycles. The number of hydrogen-bond donors (Lipinski definition) is 0. The topological polar surface area (TPSA) is 55.8 Å². The van der Waals surface area contributed by atoms with Crippen molar-refractivity contribution in [1.29, 1.82) is 0 Å². The highest BCUT2D eigenvalue weighted by Crippen LogP contribution is 2.40. The highest BCUT2D eigenvalue weighted by Gasteiger charge is 2.35. The fraction of sp³-hybridized carbons (Fsp3) is 0.133. The average Bonchev–Trinajstić information content (AvgIpc) is 3.16. The van der Waals surface area contributed by atoms with Crippen molar-refractivity contribution in [1.82, 2.24) is 4.90 Å². The lowest BCUT2D eigenvalue weighted by atomic mass is 10.1. The normalized spacial score (nSPS) is 14.5. The Balaban J connectivity index is 1.36. The molecule has 0 unspecified atom stereocenters. The molecule has 39 heavy (non-hydrogen) atoms. The largest absolute Gasteiger partial charge is 0.490 e. The van der Waals surface area contributed by atoms with E-state index in [1.54, 1.807) is 30.3 Å². The van der Waals surface area contributed by atoms with E-state index in [0.717, 1.165) is 33.7 Å². The van der Waals surface area contributed by atoms with Gasteiger partial charge in [-0.15, -0.1) is 0 Å². The number of fused-ring (bicyclic) bond motifs is 1. The quantitative estimate of drug-likeness (QED) is 0.179. The number of hydrogen-bond acceptors (Lipinski definition) is 5. The molecular formula is C30H22BrCl2NO4S. The smallest absolute Gasteiger partial charge is 0.293 e. The van der Waals surface area contributed by atoms with Gasteiger partial charge < -0.3 is 9.47 Å². The molecular weight excluding hydrogens is 621 g/mol. The first-order valence-electron chi connectivity index (χ1n) is 12.1. The molecule has 4 aromatic rings.